The molecular weight excluding hydrogens is 308 g/mol. The van der Waals surface area contributed by atoms with Crippen molar-refractivity contribution in [3.05, 3.63) is 34.3 Å². The van der Waals surface area contributed by atoms with Crippen molar-refractivity contribution in [1.82, 2.24) is 10.9 Å². The second-order valence-electron chi connectivity index (χ2n) is 5.19. The Morgan fingerprint density at radius 3 is 2.21 bits per heavy atom. The largest absolute Gasteiger partial charge is 0.273 e. The summed E-state index contributed by atoms with van der Waals surface area (Å²) in [6.45, 7) is 3.56. The summed E-state index contributed by atoms with van der Waals surface area (Å²) < 4.78 is 0.987. The minimum Gasteiger partial charge on any atom is -0.273 e. The third-order valence-electron chi connectivity index (χ3n) is 3.41. The van der Waals surface area contributed by atoms with Crippen molar-refractivity contribution in [2.45, 2.75) is 32.1 Å². The zero-order chi connectivity index (χ0) is 14.0. The minimum absolute atomic E-state index is 0.135. The van der Waals surface area contributed by atoms with Crippen molar-refractivity contribution in [3.8, 4) is 0 Å². The first-order valence-corrected chi connectivity index (χ1v) is 7.11. The molecule has 2 N–H and O–H groups in total. The SMILES string of the molecule is CC(C)C(=O)NNC(=O)C1(c2ccc(Br)cc2)CC1. The first-order chi connectivity index (χ1) is 8.95. The van der Waals surface area contributed by atoms with Crippen LogP contribution in [0.4, 0.5) is 0 Å². The molecule has 1 aromatic carbocycles. The van der Waals surface area contributed by atoms with E-state index in [1.807, 2.05) is 24.3 Å². The van der Waals surface area contributed by atoms with Gasteiger partial charge in [-0.2, -0.15) is 0 Å². The van der Waals surface area contributed by atoms with E-state index < -0.39 is 5.41 Å². The molecule has 1 aromatic rings. The van der Waals surface area contributed by atoms with E-state index in [1.54, 1.807) is 13.8 Å². The maximum absolute atomic E-state index is 12.2. The summed E-state index contributed by atoms with van der Waals surface area (Å²) in [5, 5.41) is 0. The lowest BCUT2D eigenvalue weighted by atomic mass is 9.95. The van der Waals surface area contributed by atoms with Crippen LogP contribution in [-0.2, 0) is 15.0 Å². The number of amides is 2. The van der Waals surface area contributed by atoms with Gasteiger partial charge in [0.05, 0.1) is 5.41 Å². The van der Waals surface area contributed by atoms with Gasteiger partial charge in [0.1, 0.15) is 0 Å². The quantitative estimate of drug-likeness (QED) is 0.838. The van der Waals surface area contributed by atoms with Gasteiger partial charge < -0.3 is 0 Å². The Hall–Kier alpha value is -1.36. The van der Waals surface area contributed by atoms with Crippen molar-refractivity contribution in [2.24, 2.45) is 5.92 Å². The van der Waals surface area contributed by atoms with E-state index in [0.717, 1.165) is 22.9 Å². The number of hydrogen-bond acceptors (Lipinski definition) is 2. The van der Waals surface area contributed by atoms with Crippen molar-refractivity contribution >= 4 is 27.7 Å². The van der Waals surface area contributed by atoms with Crippen molar-refractivity contribution < 1.29 is 9.59 Å². The van der Waals surface area contributed by atoms with E-state index in [-0.39, 0.29) is 17.7 Å². The van der Waals surface area contributed by atoms with Gasteiger partial charge in [0.15, 0.2) is 0 Å². The maximum atomic E-state index is 12.2. The molecule has 0 unspecified atom stereocenters. The number of nitrogens with one attached hydrogen (secondary N) is 2. The number of benzene rings is 1. The predicted octanol–water partition coefficient (Wildman–Crippen LogP) is 2.28. The number of hydrazine groups is 1. The smallest absolute Gasteiger partial charge is 0.249 e. The Bertz CT molecular complexity index is 493. The Labute approximate surface area is 121 Å². The summed E-state index contributed by atoms with van der Waals surface area (Å²) in [7, 11) is 0. The third-order valence-corrected chi connectivity index (χ3v) is 3.93. The van der Waals surface area contributed by atoms with Crippen molar-refractivity contribution in [1.29, 1.82) is 0 Å². The zero-order valence-corrected chi connectivity index (χ0v) is 12.6. The molecule has 1 fully saturated rings. The van der Waals surface area contributed by atoms with Gasteiger partial charge in [0.2, 0.25) is 11.8 Å². The van der Waals surface area contributed by atoms with E-state index in [0.29, 0.717) is 0 Å². The van der Waals surface area contributed by atoms with Crippen LogP contribution in [0.15, 0.2) is 28.7 Å². The van der Waals surface area contributed by atoms with Crippen LogP contribution in [0, 0.1) is 5.92 Å². The summed E-state index contributed by atoms with van der Waals surface area (Å²) >= 11 is 3.38. The normalized spacial score (nSPS) is 16.0. The Balaban J connectivity index is 2.02. The average Bonchev–Trinajstić information content (AvgIpc) is 3.17. The Morgan fingerprint density at radius 1 is 1.16 bits per heavy atom. The summed E-state index contributed by atoms with van der Waals surface area (Å²) in [4.78, 5) is 23.6. The van der Waals surface area contributed by atoms with Crippen molar-refractivity contribution in [3.63, 3.8) is 0 Å². The molecule has 1 aliphatic rings. The van der Waals surface area contributed by atoms with Gasteiger partial charge in [0, 0.05) is 10.4 Å². The molecule has 0 saturated heterocycles. The lowest BCUT2D eigenvalue weighted by Crippen LogP contribution is -2.47. The van der Waals surface area contributed by atoms with Gasteiger partial charge in [-0.1, -0.05) is 41.9 Å². The van der Waals surface area contributed by atoms with E-state index in [2.05, 4.69) is 26.8 Å². The molecule has 2 rings (SSSR count). The molecule has 0 aromatic heterocycles. The topological polar surface area (TPSA) is 58.2 Å². The van der Waals surface area contributed by atoms with Crippen LogP contribution in [0.2, 0.25) is 0 Å². The predicted molar refractivity (Wildman–Crippen MR) is 76.2 cm³/mol. The van der Waals surface area contributed by atoms with Crippen LogP contribution in [-0.4, -0.2) is 11.8 Å². The highest BCUT2D eigenvalue weighted by Gasteiger charge is 2.51. The van der Waals surface area contributed by atoms with Gasteiger partial charge in [-0.05, 0) is 30.5 Å². The lowest BCUT2D eigenvalue weighted by molar-refractivity contribution is -0.131. The van der Waals surface area contributed by atoms with Gasteiger partial charge in [-0.15, -0.1) is 0 Å². The highest BCUT2D eigenvalue weighted by molar-refractivity contribution is 9.10. The van der Waals surface area contributed by atoms with Gasteiger partial charge in [-0.3, -0.25) is 20.4 Å². The van der Waals surface area contributed by atoms with Gasteiger partial charge >= 0.3 is 0 Å². The first-order valence-electron chi connectivity index (χ1n) is 6.32. The summed E-state index contributed by atoms with van der Waals surface area (Å²) in [6.07, 6.45) is 1.63. The lowest BCUT2D eigenvalue weighted by Gasteiger charge is -2.17. The fourth-order valence-electron chi connectivity index (χ4n) is 1.92. The molecule has 2 amide bonds. The molecule has 4 nitrogen and oxygen atoms in total. The molecule has 0 spiro atoms. The van der Waals surface area contributed by atoms with Gasteiger partial charge in [-0.25, -0.2) is 0 Å². The molecule has 5 heteroatoms. The maximum Gasteiger partial charge on any atom is 0.249 e. The molecule has 102 valence electrons. The monoisotopic (exact) mass is 324 g/mol. The van der Waals surface area contributed by atoms with E-state index in [1.165, 1.54) is 0 Å². The molecule has 0 bridgehead atoms. The molecule has 1 saturated carbocycles. The second-order valence-corrected chi connectivity index (χ2v) is 6.10. The molecular formula is C14H17BrN2O2. The fraction of sp³-hybridized carbons (Fsp3) is 0.429. The number of hydrogen-bond donors (Lipinski definition) is 2. The fourth-order valence-corrected chi connectivity index (χ4v) is 2.19. The van der Waals surface area contributed by atoms with Gasteiger partial charge in [0.25, 0.3) is 0 Å². The molecule has 19 heavy (non-hydrogen) atoms. The molecule has 0 aliphatic heterocycles. The Kier molecular flexibility index (Phi) is 3.94. The number of rotatable bonds is 3. The third kappa shape index (κ3) is 2.97. The summed E-state index contributed by atoms with van der Waals surface area (Å²) in [6, 6.07) is 7.74. The summed E-state index contributed by atoms with van der Waals surface area (Å²) in [5.74, 6) is -0.466. The van der Waals surface area contributed by atoms with Crippen molar-refractivity contribution in [2.75, 3.05) is 0 Å². The highest BCUT2D eigenvalue weighted by Crippen LogP contribution is 2.48. The van der Waals surface area contributed by atoms with E-state index in [9.17, 15) is 9.59 Å². The molecule has 0 radical (unpaired) electrons. The standard InChI is InChI=1S/C14H17BrN2O2/c1-9(2)12(18)16-17-13(19)14(7-8-14)10-3-5-11(15)6-4-10/h3-6,9H,7-8H2,1-2H3,(H,16,18)(H,17,19). The average molecular weight is 325 g/mol. The van der Waals surface area contributed by atoms with Crippen LogP contribution >= 0.6 is 15.9 Å². The van der Waals surface area contributed by atoms with Crippen LogP contribution in [0.1, 0.15) is 32.3 Å². The van der Waals surface area contributed by atoms with Crippen LogP contribution in [0.25, 0.3) is 0 Å². The Morgan fingerprint density at radius 2 is 1.74 bits per heavy atom. The second kappa shape index (κ2) is 5.33. The van der Waals surface area contributed by atoms with E-state index >= 15 is 0 Å². The minimum atomic E-state index is -0.467. The number of halogens is 1. The zero-order valence-electron chi connectivity index (χ0n) is 11.0. The molecule has 1 aliphatic carbocycles. The van der Waals surface area contributed by atoms with E-state index in [4.69, 9.17) is 0 Å². The van der Waals surface area contributed by atoms with Crippen LogP contribution in [0.5, 0.6) is 0 Å². The number of carbonyl (C=O) groups is 2. The molecule has 0 heterocycles. The highest BCUT2D eigenvalue weighted by atomic mass is 79.9. The number of carbonyl (C=O) groups excluding carboxylic acids is 2. The van der Waals surface area contributed by atoms with Crippen LogP contribution < -0.4 is 10.9 Å². The van der Waals surface area contributed by atoms with Crippen LogP contribution in [0.3, 0.4) is 0 Å². The summed E-state index contributed by atoms with van der Waals surface area (Å²) in [5.41, 5.74) is 5.52. The first kappa shape index (κ1) is 14.1. The molecule has 0 atom stereocenters.